The second-order valence-electron chi connectivity index (χ2n) is 5.22. The van der Waals surface area contributed by atoms with Crippen molar-refractivity contribution in [3.63, 3.8) is 0 Å². The molecule has 1 aliphatic rings. The van der Waals surface area contributed by atoms with Crippen molar-refractivity contribution < 1.29 is 4.79 Å². The van der Waals surface area contributed by atoms with Crippen molar-refractivity contribution in [1.29, 1.82) is 0 Å². The molecule has 0 radical (unpaired) electrons. The number of carbonyl (C=O) groups excluding carboxylic acids is 1. The van der Waals surface area contributed by atoms with Gasteiger partial charge in [-0.3, -0.25) is 9.69 Å². The Morgan fingerprint density at radius 2 is 2.16 bits per heavy atom. The van der Waals surface area contributed by atoms with Crippen molar-refractivity contribution in [3.8, 4) is 0 Å². The highest BCUT2D eigenvalue weighted by molar-refractivity contribution is 5.78. The molecule has 104 valence electrons. The number of hydrogen-bond donors (Lipinski definition) is 2. The van der Waals surface area contributed by atoms with Gasteiger partial charge in [-0.1, -0.05) is 30.3 Å². The van der Waals surface area contributed by atoms with Crippen LogP contribution in [0.4, 0.5) is 0 Å². The summed E-state index contributed by atoms with van der Waals surface area (Å²) in [7, 11) is 0. The second kappa shape index (κ2) is 7.26. The summed E-state index contributed by atoms with van der Waals surface area (Å²) in [6.07, 6.45) is 2.99. The molecule has 0 aromatic heterocycles. The van der Waals surface area contributed by atoms with Gasteiger partial charge in [0.05, 0.1) is 6.54 Å². The molecule has 1 fully saturated rings. The lowest BCUT2D eigenvalue weighted by molar-refractivity contribution is -0.122. The molecule has 1 heterocycles. The minimum absolute atomic E-state index is 0.113. The van der Waals surface area contributed by atoms with Gasteiger partial charge in [-0.2, -0.15) is 0 Å². The van der Waals surface area contributed by atoms with Gasteiger partial charge in [-0.15, -0.1) is 0 Å². The monoisotopic (exact) mass is 261 g/mol. The zero-order valence-corrected chi connectivity index (χ0v) is 11.3. The Hall–Kier alpha value is -1.39. The minimum Gasteiger partial charge on any atom is -0.355 e. The number of nitrogens with one attached hydrogen (secondary N) is 1. The highest BCUT2D eigenvalue weighted by Gasteiger charge is 2.20. The highest BCUT2D eigenvalue weighted by Crippen LogP contribution is 2.05. The number of nitrogens with zero attached hydrogens (tertiary/aromatic N) is 1. The van der Waals surface area contributed by atoms with Crippen molar-refractivity contribution in [2.75, 3.05) is 26.2 Å². The topological polar surface area (TPSA) is 58.4 Å². The Morgan fingerprint density at radius 1 is 1.37 bits per heavy atom. The van der Waals surface area contributed by atoms with E-state index >= 15 is 0 Å². The van der Waals surface area contributed by atoms with Crippen molar-refractivity contribution in [1.82, 2.24) is 10.2 Å². The Morgan fingerprint density at radius 3 is 2.84 bits per heavy atom. The average molecular weight is 261 g/mol. The number of rotatable bonds is 6. The molecular formula is C15H23N3O. The standard InChI is InChI=1S/C15H23N3O/c16-14-8-10-18(11-14)12-15(19)17-9-4-7-13-5-2-1-3-6-13/h1-3,5-6,14H,4,7-12,16H2,(H,17,19). The number of carbonyl (C=O) groups is 1. The van der Waals surface area contributed by atoms with Crippen LogP contribution in [0.5, 0.6) is 0 Å². The second-order valence-corrected chi connectivity index (χ2v) is 5.22. The van der Waals surface area contributed by atoms with Gasteiger partial charge in [0.2, 0.25) is 5.91 Å². The van der Waals surface area contributed by atoms with Gasteiger partial charge in [0.15, 0.2) is 0 Å². The number of likely N-dealkylation sites (tertiary alicyclic amines) is 1. The van der Waals surface area contributed by atoms with E-state index in [4.69, 9.17) is 5.73 Å². The first-order chi connectivity index (χ1) is 9.24. The van der Waals surface area contributed by atoms with Gasteiger partial charge in [0, 0.05) is 25.7 Å². The summed E-state index contributed by atoms with van der Waals surface area (Å²) in [5, 5.41) is 2.97. The zero-order chi connectivity index (χ0) is 13.5. The van der Waals surface area contributed by atoms with E-state index < -0.39 is 0 Å². The predicted molar refractivity (Wildman–Crippen MR) is 76.8 cm³/mol. The lowest BCUT2D eigenvalue weighted by Gasteiger charge is -2.14. The Kier molecular flexibility index (Phi) is 5.36. The largest absolute Gasteiger partial charge is 0.355 e. The van der Waals surface area contributed by atoms with Crippen molar-refractivity contribution >= 4 is 5.91 Å². The van der Waals surface area contributed by atoms with E-state index in [1.807, 2.05) is 18.2 Å². The van der Waals surface area contributed by atoms with E-state index in [0.29, 0.717) is 6.54 Å². The first-order valence-electron chi connectivity index (χ1n) is 7.02. The van der Waals surface area contributed by atoms with Gasteiger partial charge < -0.3 is 11.1 Å². The summed E-state index contributed by atoms with van der Waals surface area (Å²) in [4.78, 5) is 13.8. The van der Waals surface area contributed by atoms with Crippen LogP contribution in [0.25, 0.3) is 0 Å². The van der Waals surface area contributed by atoms with Gasteiger partial charge in [0.25, 0.3) is 0 Å². The molecule has 4 nitrogen and oxygen atoms in total. The molecule has 1 aromatic carbocycles. The van der Waals surface area contributed by atoms with E-state index in [0.717, 1.165) is 38.9 Å². The molecule has 1 unspecified atom stereocenters. The number of hydrogen-bond acceptors (Lipinski definition) is 3. The Bertz CT molecular complexity index is 394. The van der Waals surface area contributed by atoms with Crippen molar-refractivity contribution in [2.24, 2.45) is 5.73 Å². The first kappa shape index (κ1) is 14.0. The lowest BCUT2D eigenvalue weighted by atomic mass is 10.1. The van der Waals surface area contributed by atoms with E-state index in [1.165, 1.54) is 5.56 Å². The summed E-state index contributed by atoms with van der Waals surface area (Å²) in [5.41, 5.74) is 7.14. The van der Waals surface area contributed by atoms with Gasteiger partial charge in [0.1, 0.15) is 0 Å². The summed E-state index contributed by atoms with van der Waals surface area (Å²) >= 11 is 0. The number of nitrogens with two attached hydrogens (primary N) is 1. The number of benzene rings is 1. The van der Waals surface area contributed by atoms with Crippen LogP contribution in [0.1, 0.15) is 18.4 Å². The molecule has 0 saturated carbocycles. The molecule has 1 aliphatic heterocycles. The van der Waals surface area contributed by atoms with Gasteiger partial charge >= 0.3 is 0 Å². The maximum absolute atomic E-state index is 11.7. The maximum Gasteiger partial charge on any atom is 0.234 e. The molecule has 0 bridgehead atoms. The minimum atomic E-state index is 0.113. The summed E-state index contributed by atoms with van der Waals surface area (Å²) in [6.45, 7) is 3.02. The molecule has 0 spiro atoms. The molecule has 1 aromatic rings. The molecule has 3 N–H and O–H groups in total. The van der Waals surface area contributed by atoms with E-state index in [2.05, 4.69) is 22.3 Å². The normalized spacial score (nSPS) is 19.5. The maximum atomic E-state index is 11.7. The summed E-state index contributed by atoms with van der Waals surface area (Å²) in [6, 6.07) is 10.6. The highest BCUT2D eigenvalue weighted by atomic mass is 16.2. The van der Waals surface area contributed by atoms with Crippen LogP contribution in [0.15, 0.2) is 30.3 Å². The molecule has 0 aliphatic carbocycles. The molecule has 19 heavy (non-hydrogen) atoms. The summed E-state index contributed by atoms with van der Waals surface area (Å²) < 4.78 is 0. The van der Waals surface area contributed by atoms with Gasteiger partial charge in [-0.25, -0.2) is 0 Å². The average Bonchev–Trinajstić information content (AvgIpc) is 2.81. The van der Waals surface area contributed by atoms with Crippen LogP contribution in [0.2, 0.25) is 0 Å². The van der Waals surface area contributed by atoms with Crippen LogP contribution in [0.3, 0.4) is 0 Å². The molecule has 1 atom stereocenters. The summed E-state index contributed by atoms with van der Waals surface area (Å²) in [5.74, 6) is 0.113. The van der Waals surface area contributed by atoms with Crippen LogP contribution in [-0.4, -0.2) is 43.0 Å². The molecule has 2 rings (SSSR count). The molecule has 1 saturated heterocycles. The van der Waals surface area contributed by atoms with E-state index in [1.54, 1.807) is 0 Å². The lowest BCUT2D eigenvalue weighted by Crippen LogP contribution is -2.37. The Balaban J connectivity index is 1.57. The smallest absolute Gasteiger partial charge is 0.234 e. The van der Waals surface area contributed by atoms with Crippen LogP contribution in [0, 0.1) is 0 Å². The first-order valence-corrected chi connectivity index (χ1v) is 7.02. The van der Waals surface area contributed by atoms with E-state index in [-0.39, 0.29) is 11.9 Å². The molecule has 4 heteroatoms. The fraction of sp³-hybridized carbons (Fsp3) is 0.533. The number of amides is 1. The third kappa shape index (κ3) is 5.01. The zero-order valence-electron chi connectivity index (χ0n) is 11.3. The van der Waals surface area contributed by atoms with Crippen molar-refractivity contribution in [2.45, 2.75) is 25.3 Å². The van der Waals surface area contributed by atoms with Crippen molar-refractivity contribution in [3.05, 3.63) is 35.9 Å². The third-order valence-electron chi connectivity index (χ3n) is 3.48. The fourth-order valence-corrected chi connectivity index (χ4v) is 2.43. The number of aryl methyl sites for hydroxylation is 1. The Labute approximate surface area is 115 Å². The quantitative estimate of drug-likeness (QED) is 0.744. The van der Waals surface area contributed by atoms with Crippen LogP contribution >= 0.6 is 0 Å². The molecular weight excluding hydrogens is 238 g/mol. The fourth-order valence-electron chi connectivity index (χ4n) is 2.43. The van der Waals surface area contributed by atoms with Crippen LogP contribution < -0.4 is 11.1 Å². The molecule has 1 amide bonds. The predicted octanol–water partition coefficient (Wildman–Crippen LogP) is 0.768. The van der Waals surface area contributed by atoms with E-state index in [9.17, 15) is 4.79 Å². The third-order valence-corrected chi connectivity index (χ3v) is 3.48. The van der Waals surface area contributed by atoms with Crippen LogP contribution in [-0.2, 0) is 11.2 Å². The SMILES string of the molecule is NC1CCN(CC(=O)NCCCc2ccccc2)C1. The van der Waals surface area contributed by atoms with Gasteiger partial charge in [-0.05, 0) is 24.8 Å².